The molecule has 2 fully saturated rings. The highest BCUT2D eigenvalue weighted by molar-refractivity contribution is 7.12. The van der Waals surface area contributed by atoms with E-state index in [1.165, 1.54) is 0 Å². The van der Waals surface area contributed by atoms with Gasteiger partial charge in [-0.15, -0.1) is 11.3 Å². The number of rotatable bonds is 5. The average molecular weight is 432 g/mol. The van der Waals surface area contributed by atoms with Crippen LogP contribution in [-0.4, -0.2) is 95.1 Å². The van der Waals surface area contributed by atoms with E-state index in [9.17, 15) is 9.59 Å². The zero-order valence-corrected chi connectivity index (χ0v) is 18.5. The van der Waals surface area contributed by atoms with E-state index in [1.807, 2.05) is 15.2 Å². The van der Waals surface area contributed by atoms with E-state index in [1.54, 1.807) is 11.3 Å². The Morgan fingerprint density at radius 1 is 0.967 bits per heavy atom. The molecule has 0 N–H and O–H groups in total. The molecule has 0 atom stereocenters. The number of piperazine rings is 1. The SMILES string of the molecule is Cc1ccc(C)n1-c1nc(CC(=O)N2CCN(CC(=O)N3CCOCC3)CC2)cs1. The van der Waals surface area contributed by atoms with Crippen LogP contribution in [0, 0.1) is 13.8 Å². The van der Waals surface area contributed by atoms with E-state index in [0.717, 1.165) is 35.3 Å². The highest BCUT2D eigenvalue weighted by Gasteiger charge is 2.25. The highest BCUT2D eigenvalue weighted by atomic mass is 32.1. The summed E-state index contributed by atoms with van der Waals surface area (Å²) < 4.78 is 7.42. The first-order chi connectivity index (χ1) is 14.5. The van der Waals surface area contributed by atoms with Crippen molar-refractivity contribution in [1.82, 2.24) is 24.3 Å². The van der Waals surface area contributed by atoms with E-state index < -0.39 is 0 Å². The van der Waals surface area contributed by atoms with Crippen molar-refractivity contribution >= 4 is 23.2 Å². The Labute approximate surface area is 181 Å². The summed E-state index contributed by atoms with van der Waals surface area (Å²) >= 11 is 1.57. The Hall–Kier alpha value is -2.23. The predicted octanol–water partition coefficient (Wildman–Crippen LogP) is 1.10. The quantitative estimate of drug-likeness (QED) is 0.709. The molecule has 8 nitrogen and oxygen atoms in total. The standard InChI is InChI=1S/C21H29N5O3S/c1-16-3-4-17(2)26(16)21-22-18(15-30-21)13-19(27)24-7-5-23(6-8-24)14-20(28)25-9-11-29-12-10-25/h3-4,15H,5-14H2,1-2H3. The number of carbonyl (C=O) groups is 2. The summed E-state index contributed by atoms with van der Waals surface area (Å²) in [4.78, 5) is 35.7. The van der Waals surface area contributed by atoms with Crippen molar-refractivity contribution < 1.29 is 14.3 Å². The summed E-state index contributed by atoms with van der Waals surface area (Å²) in [6.45, 7) is 9.90. The first-order valence-electron chi connectivity index (χ1n) is 10.5. The minimum absolute atomic E-state index is 0.104. The molecule has 0 saturated carbocycles. The third kappa shape index (κ3) is 4.74. The van der Waals surface area contributed by atoms with Crippen LogP contribution in [0.5, 0.6) is 0 Å². The number of aromatic nitrogens is 2. The lowest BCUT2D eigenvalue weighted by molar-refractivity contribution is -0.137. The van der Waals surface area contributed by atoms with Crippen LogP contribution in [0.3, 0.4) is 0 Å². The summed E-state index contributed by atoms with van der Waals surface area (Å²) in [7, 11) is 0. The maximum Gasteiger partial charge on any atom is 0.236 e. The fourth-order valence-electron chi connectivity index (χ4n) is 3.98. The molecule has 2 saturated heterocycles. The number of carbonyl (C=O) groups excluding carboxylic acids is 2. The molecule has 2 aromatic rings. The molecule has 2 amide bonds. The average Bonchev–Trinajstić information content (AvgIpc) is 3.34. The van der Waals surface area contributed by atoms with Crippen molar-refractivity contribution in [1.29, 1.82) is 0 Å². The topological polar surface area (TPSA) is 70.9 Å². The smallest absolute Gasteiger partial charge is 0.236 e. The molecule has 30 heavy (non-hydrogen) atoms. The molecular weight excluding hydrogens is 402 g/mol. The largest absolute Gasteiger partial charge is 0.378 e. The van der Waals surface area contributed by atoms with Gasteiger partial charge in [0.1, 0.15) is 0 Å². The summed E-state index contributed by atoms with van der Waals surface area (Å²) in [5.74, 6) is 0.260. The van der Waals surface area contributed by atoms with Gasteiger partial charge in [0.25, 0.3) is 0 Å². The number of ether oxygens (including phenoxy) is 1. The maximum absolute atomic E-state index is 12.7. The van der Waals surface area contributed by atoms with Crippen LogP contribution in [0.25, 0.3) is 5.13 Å². The molecule has 0 unspecified atom stereocenters. The predicted molar refractivity (Wildman–Crippen MR) is 115 cm³/mol. The first kappa shape index (κ1) is 21.0. The van der Waals surface area contributed by atoms with Crippen LogP contribution in [0.1, 0.15) is 17.1 Å². The second-order valence-corrected chi connectivity index (χ2v) is 8.74. The van der Waals surface area contributed by atoms with Crippen molar-refractivity contribution in [2.45, 2.75) is 20.3 Å². The van der Waals surface area contributed by atoms with Crippen molar-refractivity contribution in [3.05, 3.63) is 34.6 Å². The van der Waals surface area contributed by atoms with Gasteiger partial charge in [-0.3, -0.25) is 19.1 Å². The van der Waals surface area contributed by atoms with Gasteiger partial charge in [0, 0.05) is 56.0 Å². The molecule has 0 aliphatic carbocycles. The molecule has 0 spiro atoms. The molecule has 2 aromatic heterocycles. The van der Waals surface area contributed by atoms with Crippen LogP contribution in [0.15, 0.2) is 17.5 Å². The van der Waals surface area contributed by atoms with Crippen molar-refractivity contribution in [2.24, 2.45) is 0 Å². The fourth-order valence-corrected chi connectivity index (χ4v) is 4.92. The third-order valence-electron chi connectivity index (χ3n) is 5.78. The van der Waals surface area contributed by atoms with Crippen LogP contribution in [-0.2, 0) is 20.7 Å². The number of thiazole rings is 1. The monoisotopic (exact) mass is 431 g/mol. The molecule has 9 heteroatoms. The third-order valence-corrected chi connectivity index (χ3v) is 6.66. The Balaban J connectivity index is 1.26. The molecule has 0 bridgehead atoms. The van der Waals surface area contributed by atoms with E-state index in [2.05, 4.69) is 40.4 Å². The van der Waals surface area contributed by atoms with Gasteiger partial charge in [-0.1, -0.05) is 0 Å². The van der Waals surface area contributed by atoms with Gasteiger partial charge >= 0.3 is 0 Å². The lowest BCUT2D eigenvalue weighted by atomic mass is 10.2. The molecule has 2 aliphatic rings. The fraction of sp³-hybridized carbons (Fsp3) is 0.571. The van der Waals surface area contributed by atoms with Gasteiger partial charge in [0.15, 0.2) is 5.13 Å². The van der Waals surface area contributed by atoms with Crippen LogP contribution < -0.4 is 0 Å². The van der Waals surface area contributed by atoms with Crippen LogP contribution in [0.4, 0.5) is 0 Å². The van der Waals surface area contributed by atoms with E-state index in [0.29, 0.717) is 52.4 Å². The van der Waals surface area contributed by atoms with Crippen molar-refractivity contribution in [3.8, 4) is 5.13 Å². The summed E-state index contributed by atoms with van der Waals surface area (Å²) in [5, 5.41) is 2.88. The first-order valence-corrected chi connectivity index (χ1v) is 11.3. The molecule has 4 heterocycles. The Bertz CT molecular complexity index is 875. The van der Waals surface area contributed by atoms with E-state index >= 15 is 0 Å². The lowest BCUT2D eigenvalue weighted by Crippen LogP contribution is -2.52. The number of nitrogens with zero attached hydrogens (tertiary/aromatic N) is 5. The second kappa shape index (κ2) is 9.28. The van der Waals surface area contributed by atoms with Gasteiger partial charge in [0.2, 0.25) is 11.8 Å². The normalized spacial score (nSPS) is 18.1. The van der Waals surface area contributed by atoms with Crippen LogP contribution >= 0.6 is 11.3 Å². The zero-order chi connectivity index (χ0) is 21.1. The summed E-state index contributed by atoms with van der Waals surface area (Å²) in [6, 6.07) is 4.15. The Morgan fingerprint density at radius 3 is 2.27 bits per heavy atom. The molecule has 0 radical (unpaired) electrons. The number of hydrogen-bond acceptors (Lipinski definition) is 6. The van der Waals surface area contributed by atoms with Gasteiger partial charge in [-0.05, 0) is 26.0 Å². The molecule has 4 rings (SSSR count). The molecule has 2 aliphatic heterocycles. The van der Waals surface area contributed by atoms with Crippen LogP contribution in [0.2, 0.25) is 0 Å². The molecule has 162 valence electrons. The van der Waals surface area contributed by atoms with E-state index in [-0.39, 0.29) is 11.8 Å². The van der Waals surface area contributed by atoms with Crippen molar-refractivity contribution in [2.75, 3.05) is 59.0 Å². The minimum atomic E-state index is 0.104. The summed E-state index contributed by atoms with van der Waals surface area (Å²) in [5.41, 5.74) is 3.10. The number of hydrogen-bond donors (Lipinski definition) is 0. The molecule has 0 aromatic carbocycles. The number of morpholine rings is 1. The second-order valence-electron chi connectivity index (χ2n) is 7.90. The van der Waals surface area contributed by atoms with E-state index in [4.69, 9.17) is 4.74 Å². The van der Waals surface area contributed by atoms with Gasteiger partial charge in [-0.2, -0.15) is 0 Å². The lowest BCUT2D eigenvalue weighted by Gasteiger charge is -2.36. The van der Waals surface area contributed by atoms with Crippen molar-refractivity contribution in [3.63, 3.8) is 0 Å². The van der Waals surface area contributed by atoms with Gasteiger partial charge in [0.05, 0.1) is 31.9 Å². The minimum Gasteiger partial charge on any atom is -0.378 e. The summed E-state index contributed by atoms with van der Waals surface area (Å²) in [6.07, 6.45) is 0.322. The Morgan fingerprint density at radius 2 is 1.60 bits per heavy atom. The molecular formula is C21H29N5O3S. The van der Waals surface area contributed by atoms with Gasteiger partial charge in [-0.25, -0.2) is 4.98 Å². The maximum atomic E-state index is 12.7. The highest BCUT2D eigenvalue weighted by Crippen LogP contribution is 2.21. The van der Waals surface area contributed by atoms with Gasteiger partial charge < -0.3 is 14.5 Å². The number of amides is 2. The number of aryl methyl sites for hydroxylation is 2. The Kier molecular flexibility index (Phi) is 6.50. The zero-order valence-electron chi connectivity index (χ0n) is 17.7.